The van der Waals surface area contributed by atoms with Crippen LogP contribution in [0, 0.1) is 5.92 Å². The molecule has 0 radical (unpaired) electrons. The van der Waals surface area contributed by atoms with Crippen molar-refractivity contribution in [2.75, 3.05) is 13.1 Å². The number of aromatic nitrogens is 1. The number of amides is 1. The maximum absolute atomic E-state index is 12.2. The zero-order chi connectivity index (χ0) is 13.7. The van der Waals surface area contributed by atoms with E-state index in [1.165, 1.54) is 0 Å². The van der Waals surface area contributed by atoms with Gasteiger partial charge in [0.25, 0.3) is 0 Å². The third kappa shape index (κ3) is 4.03. The van der Waals surface area contributed by atoms with Crippen LogP contribution in [-0.4, -0.2) is 34.9 Å². The smallest absolute Gasteiger partial charge is 0.222 e. The van der Waals surface area contributed by atoms with Crippen LogP contribution >= 0.6 is 0 Å². The maximum atomic E-state index is 12.2. The van der Waals surface area contributed by atoms with E-state index in [9.17, 15) is 4.79 Å². The highest BCUT2D eigenvalue weighted by atomic mass is 16.2. The Morgan fingerprint density at radius 3 is 3.11 bits per heavy atom. The van der Waals surface area contributed by atoms with Gasteiger partial charge in [-0.05, 0) is 44.2 Å². The van der Waals surface area contributed by atoms with Gasteiger partial charge in [-0.1, -0.05) is 6.07 Å². The first-order valence-corrected chi connectivity index (χ1v) is 7.10. The molecule has 1 aliphatic rings. The summed E-state index contributed by atoms with van der Waals surface area (Å²) >= 11 is 0. The topological polar surface area (TPSA) is 59.2 Å². The van der Waals surface area contributed by atoms with Crippen molar-refractivity contribution < 1.29 is 4.79 Å². The number of likely N-dealkylation sites (tertiary alicyclic amines) is 1. The first kappa shape index (κ1) is 14.0. The number of aryl methyl sites for hydroxylation is 1. The minimum Gasteiger partial charge on any atom is -0.342 e. The molecule has 0 aromatic carbocycles. The normalized spacial score (nSPS) is 21.2. The Morgan fingerprint density at radius 2 is 2.42 bits per heavy atom. The van der Waals surface area contributed by atoms with Crippen molar-refractivity contribution in [1.82, 2.24) is 9.88 Å². The quantitative estimate of drug-likeness (QED) is 0.895. The summed E-state index contributed by atoms with van der Waals surface area (Å²) in [4.78, 5) is 18.4. The van der Waals surface area contributed by atoms with Crippen LogP contribution in [0.2, 0.25) is 0 Å². The summed E-state index contributed by atoms with van der Waals surface area (Å²) in [6, 6.07) is 5.99. The highest BCUT2D eigenvalue weighted by molar-refractivity contribution is 5.76. The molecular weight excluding hydrogens is 238 g/mol. The first-order chi connectivity index (χ1) is 9.16. The molecule has 0 bridgehead atoms. The van der Waals surface area contributed by atoms with Crippen molar-refractivity contribution in [1.29, 1.82) is 0 Å². The summed E-state index contributed by atoms with van der Waals surface area (Å²) in [5.41, 5.74) is 6.93. The Bertz CT molecular complexity index is 405. The van der Waals surface area contributed by atoms with Crippen molar-refractivity contribution in [3.8, 4) is 0 Å². The summed E-state index contributed by atoms with van der Waals surface area (Å²) in [5, 5.41) is 0. The van der Waals surface area contributed by atoms with Crippen LogP contribution in [0.25, 0.3) is 0 Å². The molecule has 1 amide bonds. The number of piperidine rings is 1. The second-order valence-corrected chi connectivity index (χ2v) is 5.42. The molecular formula is C15H23N3O. The number of rotatable bonds is 4. The molecule has 2 heterocycles. The van der Waals surface area contributed by atoms with Crippen LogP contribution in [0.3, 0.4) is 0 Å². The monoisotopic (exact) mass is 261 g/mol. The maximum Gasteiger partial charge on any atom is 0.222 e. The third-order valence-electron chi connectivity index (χ3n) is 3.88. The lowest BCUT2D eigenvalue weighted by Gasteiger charge is -2.34. The predicted octanol–water partition coefficient (Wildman–Crippen LogP) is 1.60. The molecule has 1 aliphatic heterocycles. The molecule has 19 heavy (non-hydrogen) atoms. The Hall–Kier alpha value is -1.42. The predicted molar refractivity (Wildman–Crippen MR) is 75.5 cm³/mol. The van der Waals surface area contributed by atoms with Crippen molar-refractivity contribution >= 4 is 5.91 Å². The SMILES string of the molecule is CC(N)C1CCCN(C(=O)CCc2ccccn2)C1. The molecule has 1 aromatic heterocycles. The van der Waals surface area contributed by atoms with E-state index in [2.05, 4.69) is 4.98 Å². The van der Waals surface area contributed by atoms with Gasteiger partial charge in [-0.15, -0.1) is 0 Å². The van der Waals surface area contributed by atoms with Gasteiger partial charge in [-0.3, -0.25) is 9.78 Å². The Kier molecular flexibility index (Phi) is 4.91. The molecule has 1 fully saturated rings. The molecule has 1 saturated heterocycles. The number of carbonyl (C=O) groups is 1. The molecule has 1 aromatic rings. The average Bonchev–Trinajstić information content (AvgIpc) is 2.46. The minimum absolute atomic E-state index is 0.173. The van der Waals surface area contributed by atoms with Crippen molar-refractivity contribution in [2.24, 2.45) is 11.7 Å². The van der Waals surface area contributed by atoms with E-state index >= 15 is 0 Å². The molecule has 2 unspecified atom stereocenters. The van der Waals surface area contributed by atoms with Crippen LogP contribution in [0.5, 0.6) is 0 Å². The van der Waals surface area contributed by atoms with Crippen LogP contribution in [0.4, 0.5) is 0 Å². The van der Waals surface area contributed by atoms with Crippen LogP contribution < -0.4 is 5.73 Å². The van der Waals surface area contributed by atoms with E-state index < -0.39 is 0 Å². The molecule has 2 rings (SSSR count). The van der Waals surface area contributed by atoms with Crippen LogP contribution in [0.15, 0.2) is 24.4 Å². The van der Waals surface area contributed by atoms with Gasteiger partial charge in [-0.25, -0.2) is 0 Å². The van der Waals surface area contributed by atoms with Crippen LogP contribution in [-0.2, 0) is 11.2 Å². The lowest BCUT2D eigenvalue weighted by atomic mass is 9.92. The second-order valence-electron chi connectivity index (χ2n) is 5.42. The standard InChI is InChI=1S/C15H23N3O/c1-12(16)13-5-4-10-18(11-13)15(19)8-7-14-6-2-3-9-17-14/h2-3,6,9,12-13H,4-5,7-8,10-11,16H2,1H3. The van der Waals surface area contributed by atoms with E-state index in [4.69, 9.17) is 5.73 Å². The number of hydrogen-bond acceptors (Lipinski definition) is 3. The number of hydrogen-bond donors (Lipinski definition) is 1. The highest BCUT2D eigenvalue weighted by Crippen LogP contribution is 2.19. The second kappa shape index (κ2) is 6.66. The fraction of sp³-hybridized carbons (Fsp3) is 0.600. The molecule has 4 nitrogen and oxygen atoms in total. The zero-order valence-electron chi connectivity index (χ0n) is 11.6. The molecule has 0 aliphatic carbocycles. The molecule has 2 atom stereocenters. The largest absolute Gasteiger partial charge is 0.342 e. The molecule has 0 saturated carbocycles. The molecule has 4 heteroatoms. The Balaban J connectivity index is 1.83. The number of nitrogens with two attached hydrogens (primary N) is 1. The van der Waals surface area contributed by atoms with Gasteiger partial charge >= 0.3 is 0 Å². The van der Waals surface area contributed by atoms with Gasteiger partial charge in [0.15, 0.2) is 0 Å². The number of nitrogens with zero attached hydrogens (tertiary/aromatic N) is 2. The summed E-state index contributed by atoms with van der Waals surface area (Å²) < 4.78 is 0. The van der Waals surface area contributed by atoms with E-state index in [1.807, 2.05) is 30.0 Å². The summed E-state index contributed by atoms with van der Waals surface area (Å²) in [6.45, 7) is 3.73. The fourth-order valence-electron chi connectivity index (χ4n) is 2.60. The fourth-order valence-corrected chi connectivity index (χ4v) is 2.60. The van der Waals surface area contributed by atoms with E-state index in [1.54, 1.807) is 6.20 Å². The lowest BCUT2D eigenvalue weighted by Crippen LogP contribution is -2.45. The van der Waals surface area contributed by atoms with E-state index in [-0.39, 0.29) is 11.9 Å². The molecule has 0 spiro atoms. The van der Waals surface area contributed by atoms with E-state index in [0.29, 0.717) is 12.3 Å². The van der Waals surface area contributed by atoms with E-state index in [0.717, 1.165) is 38.0 Å². The Morgan fingerprint density at radius 1 is 1.58 bits per heavy atom. The van der Waals surface area contributed by atoms with Gasteiger partial charge < -0.3 is 10.6 Å². The highest BCUT2D eigenvalue weighted by Gasteiger charge is 2.25. The third-order valence-corrected chi connectivity index (χ3v) is 3.88. The summed E-state index contributed by atoms with van der Waals surface area (Å²) in [6.07, 6.45) is 5.25. The van der Waals surface area contributed by atoms with Gasteiger partial charge in [0.2, 0.25) is 5.91 Å². The summed E-state index contributed by atoms with van der Waals surface area (Å²) in [5.74, 6) is 0.684. The zero-order valence-corrected chi connectivity index (χ0v) is 11.6. The minimum atomic E-state index is 0.173. The summed E-state index contributed by atoms with van der Waals surface area (Å²) in [7, 11) is 0. The van der Waals surface area contributed by atoms with Crippen LogP contribution in [0.1, 0.15) is 31.9 Å². The van der Waals surface area contributed by atoms with Gasteiger partial charge in [0.05, 0.1) is 0 Å². The van der Waals surface area contributed by atoms with Gasteiger partial charge in [-0.2, -0.15) is 0 Å². The number of pyridine rings is 1. The van der Waals surface area contributed by atoms with Gasteiger partial charge in [0.1, 0.15) is 0 Å². The average molecular weight is 261 g/mol. The van der Waals surface area contributed by atoms with Gasteiger partial charge in [0, 0.05) is 37.4 Å². The molecule has 2 N–H and O–H groups in total. The Labute approximate surface area is 115 Å². The van der Waals surface area contributed by atoms with Crippen molar-refractivity contribution in [3.63, 3.8) is 0 Å². The first-order valence-electron chi connectivity index (χ1n) is 7.10. The lowest BCUT2D eigenvalue weighted by molar-refractivity contribution is -0.133. The number of carbonyl (C=O) groups excluding carboxylic acids is 1. The van der Waals surface area contributed by atoms with Crippen molar-refractivity contribution in [3.05, 3.63) is 30.1 Å². The molecule has 104 valence electrons. The van der Waals surface area contributed by atoms with Crippen molar-refractivity contribution in [2.45, 2.75) is 38.6 Å².